The maximum absolute atomic E-state index is 3.59. The van der Waals surface area contributed by atoms with Gasteiger partial charge in [0.25, 0.3) is 0 Å². The van der Waals surface area contributed by atoms with Gasteiger partial charge in [0.05, 0.1) is 0 Å². The lowest BCUT2D eigenvalue weighted by atomic mass is 10.1. The van der Waals surface area contributed by atoms with Gasteiger partial charge in [0.2, 0.25) is 0 Å². The molecule has 1 saturated heterocycles. The lowest BCUT2D eigenvalue weighted by Crippen LogP contribution is -2.40. The second kappa shape index (κ2) is 6.18. The molecule has 1 atom stereocenters. The predicted molar refractivity (Wildman–Crippen MR) is 73.0 cm³/mol. The van der Waals surface area contributed by atoms with Crippen LogP contribution in [0.15, 0.2) is 30.3 Å². The largest absolute Gasteiger partial charge is 0.313 e. The van der Waals surface area contributed by atoms with Gasteiger partial charge in [-0.1, -0.05) is 30.3 Å². The van der Waals surface area contributed by atoms with Crippen LogP contribution >= 0.6 is 0 Å². The van der Waals surface area contributed by atoms with Gasteiger partial charge < -0.3 is 5.32 Å². The summed E-state index contributed by atoms with van der Waals surface area (Å²) < 4.78 is 0. The number of hydrogen-bond acceptors (Lipinski definition) is 2. The average Bonchev–Trinajstić information content (AvgIpc) is 2.82. The minimum atomic E-state index is 0.609. The van der Waals surface area contributed by atoms with E-state index in [1.54, 1.807) is 0 Å². The molecule has 0 amide bonds. The molecule has 1 aromatic carbocycles. The summed E-state index contributed by atoms with van der Waals surface area (Å²) in [4.78, 5) is 2.57. The molecule has 0 radical (unpaired) electrons. The zero-order chi connectivity index (χ0) is 12.1. The number of benzene rings is 1. The van der Waals surface area contributed by atoms with E-state index in [0.29, 0.717) is 12.1 Å². The summed E-state index contributed by atoms with van der Waals surface area (Å²) in [5.74, 6) is 0. The standard InChI is InChI=1S/C15H24N2/c1-13(2)17(12-15-9-6-10-16-15)11-14-7-4-3-5-8-14/h3-5,7-8,13,15-16H,6,9-12H2,1-2H3/t15-/m0/s1. The van der Waals surface area contributed by atoms with Crippen molar-refractivity contribution in [1.82, 2.24) is 10.2 Å². The van der Waals surface area contributed by atoms with Crippen LogP contribution < -0.4 is 5.32 Å². The highest BCUT2D eigenvalue weighted by molar-refractivity contribution is 5.14. The first-order valence-electron chi connectivity index (χ1n) is 6.77. The molecular formula is C15H24N2. The Kier molecular flexibility index (Phi) is 4.57. The van der Waals surface area contributed by atoms with Gasteiger partial charge in [-0.3, -0.25) is 4.90 Å². The Labute approximate surface area is 105 Å². The van der Waals surface area contributed by atoms with Crippen LogP contribution in [0.2, 0.25) is 0 Å². The number of nitrogens with one attached hydrogen (secondary N) is 1. The third-order valence-corrected chi connectivity index (χ3v) is 3.58. The van der Waals surface area contributed by atoms with Crippen molar-refractivity contribution in [3.8, 4) is 0 Å². The van der Waals surface area contributed by atoms with Crippen LogP contribution in [0.1, 0.15) is 32.3 Å². The molecule has 0 saturated carbocycles. The zero-order valence-corrected chi connectivity index (χ0v) is 11.0. The van der Waals surface area contributed by atoms with E-state index in [2.05, 4.69) is 54.4 Å². The Morgan fingerprint density at radius 2 is 2.06 bits per heavy atom. The molecule has 1 aliphatic heterocycles. The fraction of sp³-hybridized carbons (Fsp3) is 0.600. The molecule has 17 heavy (non-hydrogen) atoms. The third-order valence-electron chi connectivity index (χ3n) is 3.58. The SMILES string of the molecule is CC(C)N(Cc1ccccc1)C[C@@H]1CCCN1. The van der Waals surface area contributed by atoms with Crippen LogP contribution in [0.4, 0.5) is 0 Å². The third kappa shape index (κ3) is 3.83. The van der Waals surface area contributed by atoms with Crippen LogP contribution in [0.25, 0.3) is 0 Å². The Hall–Kier alpha value is -0.860. The molecule has 2 heteroatoms. The molecule has 94 valence electrons. The molecule has 0 aliphatic carbocycles. The van der Waals surface area contributed by atoms with Gasteiger partial charge in [-0.05, 0) is 38.8 Å². The van der Waals surface area contributed by atoms with Crippen LogP contribution in [0.5, 0.6) is 0 Å². The maximum Gasteiger partial charge on any atom is 0.0237 e. The highest BCUT2D eigenvalue weighted by Gasteiger charge is 2.19. The van der Waals surface area contributed by atoms with Crippen LogP contribution in [-0.2, 0) is 6.54 Å². The van der Waals surface area contributed by atoms with Crippen molar-refractivity contribution in [3.63, 3.8) is 0 Å². The van der Waals surface area contributed by atoms with Gasteiger partial charge in [-0.15, -0.1) is 0 Å². The lowest BCUT2D eigenvalue weighted by Gasteiger charge is -2.29. The van der Waals surface area contributed by atoms with Gasteiger partial charge in [-0.25, -0.2) is 0 Å². The van der Waals surface area contributed by atoms with E-state index in [9.17, 15) is 0 Å². The Morgan fingerprint density at radius 3 is 2.65 bits per heavy atom. The quantitative estimate of drug-likeness (QED) is 0.839. The van der Waals surface area contributed by atoms with E-state index in [1.807, 2.05) is 0 Å². The first kappa shape index (κ1) is 12.6. The van der Waals surface area contributed by atoms with E-state index < -0.39 is 0 Å². The summed E-state index contributed by atoms with van der Waals surface area (Å²) in [5.41, 5.74) is 1.42. The van der Waals surface area contributed by atoms with Crippen molar-refractivity contribution in [1.29, 1.82) is 0 Å². The van der Waals surface area contributed by atoms with Crippen LogP contribution in [0, 0.1) is 0 Å². The number of hydrogen-bond donors (Lipinski definition) is 1. The zero-order valence-electron chi connectivity index (χ0n) is 11.0. The Balaban J connectivity index is 1.92. The number of rotatable bonds is 5. The molecule has 1 fully saturated rings. The minimum Gasteiger partial charge on any atom is -0.313 e. The summed E-state index contributed by atoms with van der Waals surface area (Å²) in [6, 6.07) is 12.1. The Morgan fingerprint density at radius 1 is 1.29 bits per heavy atom. The van der Waals surface area contributed by atoms with E-state index >= 15 is 0 Å². The molecular weight excluding hydrogens is 208 g/mol. The van der Waals surface area contributed by atoms with Gasteiger partial charge in [0.15, 0.2) is 0 Å². The molecule has 0 aromatic heterocycles. The maximum atomic E-state index is 3.59. The van der Waals surface area contributed by atoms with Crippen molar-refractivity contribution in [2.24, 2.45) is 0 Å². The van der Waals surface area contributed by atoms with Crippen molar-refractivity contribution in [2.75, 3.05) is 13.1 Å². The van der Waals surface area contributed by atoms with Gasteiger partial charge in [-0.2, -0.15) is 0 Å². The van der Waals surface area contributed by atoms with Gasteiger partial charge >= 0.3 is 0 Å². The van der Waals surface area contributed by atoms with Crippen LogP contribution in [0.3, 0.4) is 0 Å². The summed E-state index contributed by atoms with van der Waals surface area (Å²) in [6.45, 7) is 8.01. The molecule has 2 nitrogen and oxygen atoms in total. The molecule has 0 spiro atoms. The van der Waals surface area contributed by atoms with Crippen molar-refractivity contribution in [2.45, 2.75) is 45.3 Å². The van der Waals surface area contributed by atoms with E-state index in [1.165, 1.54) is 31.5 Å². The second-order valence-corrected chi connectivity index (χ2v) is 5.30. The molecule has 1 aliphatic rings. The molecule has 0 unspecified atom stereocenters. The highest BCUT2D eigenvalue weighted by Crippen LogP contribution is 2.12. The Bertz CT molecular complexity index is 315. The smallest absolute Gasteiger partial charge is 0.0237 e. The predicted octanol–water partition coefficient (Wildman–Crippen LogP) is 2.65. The fourth-order valence-corrected chi connectivity index (χ4v) is 2.47. The first-order chi connectivity index (χ1) is 8.25. The minimum absolute atomic E-state index is 0.609. The molecule has 2 rings (SSSR count). The lowest BCUT2D eigenvalue weighted by molar-refractivity contribution is 0.194. The van der Waals surface area contributed by atoms with Crippen molar-refractivity contribution >= 4 is 0 Å². The average molecular weight is 232 g/mol. The summed E-state index contributed by atoms with van der Waals surface area (Å²) in [7, 11) is 0. The first-order valence-corrected chi connectivity index (χ1v) is 6.77. The fourth-order valence-electron chi connectivity index (χ4n) is 2.47. The van der Waals surface area contributed by atoms with E-state index in [0.717, 1.165) is 6.54 Å². The highest BCUT2D eigenvalue weighted by atomic mass is 15.2. The van der Waals surface area contributed by atoms with Crippen molar-refractivity contribution in [3.05, 3.63) is 35.9 Å². The van der Waals surface area contributed by atoms with Crippen molar-refractivity contribution < 1.29 is 0 Å². The molecule has 1 aromatic rings. The summed E-state index contributed by atoms with van der Waals surface area (Å²) in [6.07, 6.45) is 2.67. The normalized spacial score (nSPS) is 20.4. The van der Waals surface area contributed by atoms with Gasteiger partial charge in [0, 0.05) is 25.2 Å². The van der Waals surface area contributed by atoms with E-state index in [-0.39, 0.29) is 0 Å². The number of nitrogens with zero attached hydrogens (tertiary/aromatic N) is 1. The molecule has 0 bridgehead atoms. The second-order valence-electron chi connectivity index (χ2n) is 5.30. The molecule has 1 heterocycles. The van der Waals surface area contributed by atoms with Gasteiger partial charge in [0.1, 0.15) is 0 Å². The van der Waals surface area contributed by atoms with E-state index in [4.69, 9.17) is 0 Å². The summed E-state index contributed by atoms with van der Waals surface area (Å²) >= 11 is 0. The summed E-state index contributed by atoms with van der Waals surface area (Å²) in [5, 5.41) is 3.59. The monoisotopic (exact) mass is 232 g/mol. The molecule has 1 N–H and O–H groups in total. The van der Waals surface area contributed by atoms with Crippen LogP contribution in [-0.4, -0.2) is 30.1 Å². The topological polar surface area (TPSA) is 15.3 Å².